The van der Waals surface area contributed by atoms with Crippen LogP contribution in [0.1, 0.15) is 27.7 Å². The van der Waals surface area contributed by atoms with Gasteiger partial charge in [0.2, 0.25) is 0 Å². The van der Waals surface area contributed by atoms with E-state index in [0.29, 0.717) is 12.6 Å². The third-order valence-corrected chi connectivity index (χ3v) is 1.30. The summed E-state index contributed by atoms with van der Waals surface area (Å²) in [5.41, 5.74) is 5.83. The fourth-order valence-electron chi connectivity index (χ4n) is 0.546. The molecule has 0 aromatic heterocycles. The number of carbonyl (C=O) groups excluding carboxylic acids is 1. The normalized spacial score (nSPS) is 11.1. The monoisotopic (exact) mass is 158 g/mol. The van der Waals surface area contributed by atoms with Crippen molar-refractivity contribution in [3.63, 3.8) is 0 Å². The molecule has 0 spiro atoms. The summed E-state index contributed by atoms with van der Waals surface area (Å²) in [5, 5.41) is 0. The molecule has 0 aliphatic rings. The van der Waals surface area contributed by atoms with Crippen LogP contribution in [-0.4, -0.2) is 18.4 Å². The van der Waals surface area contributed by atoms with E-state index in [4.69, 9.17) is 0 Å². The van der Waals surface area contributed by atoms with Gasteiger partial charge in [0.15, 0.2) is 5.78 Å². The van der Waals surface area contributed by atoms with Crippen LogP contribution in [0.4, 0.5) is 0 Å². The van der Waals surface area contributed by atoms with Gasteiger partial charge in [0.05, 0.1) is 6.54 Å². The molecule has 0 atom stereocenters. The molecule has 0 aliphatic carbocycles. The molecule has 11 heavy (non-hydrogen) atoms. The molecule has 2 N–H and O–H groups in total. The van der Waals surface area contributed by atoms with Gasteiger partial charge in [0.1, 0.15) is 0 Å². The Hall–Kier alpha value is -0.410. The minimum Gasteiger partial charge on any atom is -0.298 e. The second-order valence-corrected chi connectivity index (χ2v) is 3.27. The molecule has 0 saturated carbocycles. The Morgan fingerprint density at radius 3 is 2.18 bits per heavy atom. The van der Waals surface area contributed by atoms with Crippen LogP contribution in [0.2, 0.25) is 0 Å². The third-order valence-electron chi connectivity index (χ3n) is 1.30. The number of carbonyl (C=O) groups is 1. The smallest absolute Gasteiger partial charge is 0.150 e. The topological polar surface area (TPSA) is 41.1 Å². The molecule has 0 heterocycles. The van der Waals surface area contributed by atoms with Crippen molar-refractivity contribution in [3.8, 4) is 0 Å². The van der Waals surface area contributed by atoms with Crippen molar-refractivity contribution in [2.24, 2.45) is 5.92 Å². The Kier molecular flexibility index (Phi) is 5.07. The zero-order valence-electron chi connectivity index (χ0n) is 7.77. The van der Waals surface area contributed by atoms with E-state index in [1.165, 1.54) is 0 Å². The van der Waals surface area contributed by atoms with E-state index in [0.717, 1.165) is 0 Å². The van der Waals surface area contributed by atoms with Crippen LogP contribution < -0.4 is 10.9 Å². The second-order valence-electron chi connectivity index (χ2n) is 3.27. The minimum absolute atomic E-state index is 0.122. The summed E-state index contributed by atoms with van der Waals surface area (Å²) in [5.74, 6) is 0.356. The lowest BCUT2D eigenvalue weighted by atomic mass is 10.1. The van der Waals surface area contributed by atoms with Gasteiger partial charge in [-0.2, -0.15) is 0 Å². The van der Waals surface area contributed by atoms with Crippen LogP contribution in [-0.2, 0) is 4.79 Å². The van der Waals surface area contributed by atoms with E-state index < -0.39 is 0 Å². The van der Waals surface area contributed by atoms with Crippen LogP contribution in [0.5, 0.6) is 0 Å². The number of hydrogen-bond donors (Lipinski definition) is 2. The molecule has 0 aliphatic heterocycles. The van der Waals surface area contributed by atoms with Crippen molar-refractivity contribution in [1.82, 2.24) is 10.9 Å². The van der Waals surface area contributed by atoms with Gasteiger partial charge in [-0.05, 0) is 13.8 Å². The maximum Gasteiger partial charge on any atom is 0.150 e. The first kappa shape index (κ1) is 10.6. The summed E-state index contributed by atoms with van der Waals surface area (Å²) in [6, 6.07) is 0.370. The SMILES string of the molecule is CC(C)NNCC(=O)C(C)C. The molecule has 0 rings (SSSR count). The van der Waals surface area contributed by atoms with Gasteiger partial charge in [-0.1, -0.05) is 13.8 Å². The molecule has 3 nitrogen and oxygen atoms in total. The molecule has 0 amide bonds. The first-order valence-corrected chi connectivity index (χ1v) is 4.05. The quantitative estimate of drug-likeness (QED) is 0.579. The number of Topliss-reactive ketones (excluding diaryl/α,β-unsaturated/α-hetero) is 1. The highest BCUT2D eigenvalue weighted by atomic mass is 16.1. The Morgan fingerprint density at radius 2 is 1.82 bits per heavy atom. The van der Waals surface area contributed by atoms with E-state index in [-0.39, 0.29) is 11.7 Å². The molecule has 0 radical (unpaired) electrons. The van der Waals surface area contributed by atoms with Gasteiger partial charge >= 0.3 is 0 Å². The summed E-state index contributed by atoms with van der Waals surface area (Å²) < 4.78 is 0. The summed E-state index contributed by atoms with van der Waals surface area (Å²) in [7, 11) is 0. The Balaban J connectivity index is 3.32. The van der Waals surface area contributed by atoms with Gasteiger partial charge in [-0.3, -0.25) is 15.6 Å². The first-order valence-electron chi connectivity index (χ1n) is 4.05. The van der Waals surface area contributed by atoms with Gasteiger partial charge in [0.25, 0.3) is 0 Å². The van der Waals surface area contributed by atoms with E-state index in [9.17, 15) is 4.79 Å². The number of ketones is 1. The van der Waals surface area contributed by atoms with E-state index in [2.05, 4.69) is 10.9 Å². The van der Waals surface area contributed by atoms with Gasteiger partial charge in [-0.15, -0.1) is 0 Å². The fraction of sp³-hybridized carbons (Fsp3) is 0.875. The van der Waals surface area contributed by atoms with Crippen LogP contribution in [0.25, 0.3) is 0 Å². The van der Waals surface area contributed by atoms with E-state index in [1.54, 1.807) is 0 Å². The lowest BCUT2D eigenvalue weighted by Crippen LogP contribution is -2.41. The number of nitrogens with one attached hydrogen (secondary N) is 2. The number of hydrazine groups is 1. The molecule has 0 bridgehead atoms. The summed E-state index contributed by atoms with van der Waals surface area (Å²) in [4.78, 5) is 11.0. The van der Waals surface area contributed by atoms with E-state index >= 15 is 0 Å². The average Bonchev–Trinajstić information content (AvgIpc) is 1.86. The van der Waals surface area contributed by atoms with Crippen molar-refractivity contribution < 1.29 is 4.79 Å². The highest BCUT2D eigenvalue weighted by Gasteiger charge is 2.05. The van der Waals surface area contributed by atoms with Gasteiger partial charge < -0.3 is 0 Å². The molecule has 0 saturated heterocycles. The molecule has 0 fully saturated rings. The first-order chi connectivity index (χ1) is 5.04. The van der Waals surface area contributed by atoms with Crippen LogP contribution in [0.3, 0.4) is 0 Å². The standard InChI is InChI=1S/C8H18N2O/c1-6(2)8(11)5-9-10-7(3)4/h6-7,9-10H,5H2,1-4H3. The zero-order chi connectivity index (χ0) is 8.85. The van der Waals surface area contributed by atoms with Crippen LogP contribution in [0, 0.1) is 5.92 Å². The second kappa shape index (κ2) is 5.27. The maximum absolute atomic E-state index is 11.0. The summed E-state index contributed by atoms with van der Waals surface area (Å²) in [6.45, 7) is 8.26. The molecular formula is C8H18N2O. The fourth-order valence-corrected chi connectivity index (χ4v) is 0.546. The minimum atomic E-state index is 0.122. The third kappa shape index (κ3) is 6.01. The zero-order valence-corrected chi connectivity index (χ0v) is 7.77. The number of hydrogen-bond acceptors (Lipinski definition) is 3. The van der Waals surface area contributed by atoms with Crippen molar-refractivity contribution in [2.75, 3.05) is 6.54 Å². The highest BCUT2D eigenvalue weighted by Crippen LogP contribution is 1.91. The molecule has 66 valence electrons. The molecule has 0 aromatic carbocycles. The average molecular weight is 158 g/mol. The Morgan fingerprint density at radius 1 is 1.27 bits per heavy atom. The van der Waals surface area contributed by atoms with Crippen molar-refractivity contribution in [2.45, 2.75) is 33.7 Å². The van der Waals surface area contributed by atoms with Crippen molar-refractivity contribution >= 4 is 5.78 Å². The largest absolute Gasteiger partial charge is 0.298 e. The maximum atomic E-state index is 11.0. The predicted octanol–water partition coefficient (Wildman–Crippen LogP) is 0.714. The molecular weight excluding hydrogens is 140 g/mol. The lowest BCUT2D eigenvalue weighted by Gasteiger charge is -2.10. The molecule has 0 unspecified atom stereocenters. The molecule has 3 heteroatoms. The Bertz CT molecular complexity index is 121. The van der Waals surface area contributed by atoms with Crippen molar-refractivity contribution in [1.29, 1.82) is 0 Å². The summed E-state index contributed by atoms with van der Waals surface area (Å²) in [6.07, 6.45) is 0. The summed E-state index contributed by atoms with van der Waals surface area (Å²) >= 11 is 0. The number of rotatable bonds is 5. The predicted molar refractivity (Wildman–Crippen MR) is 46.1 cm³/mol. The van der Waals surface area contributed by atoms with Crippen LogP contribution >= 0.6 is 0 Å². The van der Waals surface area contributed by atoms with Crippen LogP contribution in [0.15, 0.2) is 0 Å². The lowest BCUT2D eigenvalue weighted by molar-refractivity contribution is -0.121. The van der Waals surface area contributed by atoms with Gasteiger partial charge in [0, 0.05) is 12.0 Å². The molecule has 0 aromatic rings. The van der Waals surface area contributed by atoms with Crippen molar-refractivity contribution in [3.05, 3.63) is 0 Å². The van der Waals surface area contributed by atoms with E-state index in [1.807, 2.05) is 27.7 Å². The highest BCUT2D eigenvalue weighted by molar-refractivity contribution is 5.82. The van der Waals surface area contributed by atoms with Gasteiger partial charge in [-0.25, -0.2) is 0 Å². The Labute approximate surface area is 68.5 Å².